The zero-order valence-electron chi connectivity index (χ0n) is 10.8. The van der Waals surface area contributed by atoms with Crippen LogP contribution in [0.4, 0.5) is 5.69 Å². The lowest BCUT2D eigenvalue weighted by atomic mass is 10.1. The van der Waals surface area contributed by atoms with Gasteiger partial charge in [0.15, 0.2) is 0 Å². The fourth-order valence-electron chi connectivity index (χ4n) is 2.66. The van der Waals surface area contributed by atoms with E-state index in [1.165, 1.54) is 11.1 Å². The lowest BCUT2D eigenvalue weighted by molar-refractivity contribution is 0.271. The summed E-state index contributed by atoms with van der Waals surface area (Å²) >= 11 is 0. The molecule has 0 amide bonds. The van der Waals surface area contributed by atoms with Crippen molar-refractivity contribution in [2.24, 2.45) is 0 Å². The fourth-order valence-corrected chi connectivity index (χ4v) is 2.66. The van der Waals surface area contributed by atoms with E-state index in [1.54, 1.807) is 0 Å². The number of rotatable bonds is 2. The number of anilines is 1. The average Bonchev–Trinajstić information content (AvgIpc) is 2.47. The molecule has 3 nitrogen and oxygen atoms in total. The minimum Gasteiger partial charge on any atom is -0.368 e. The number of likely N-dealkylation sites (N-methyl/N-ethyl adjacent to an activating group) is 1. The van der Waals surface area contributed by atoms with Gasteiger partial charge in [-0.3, -0.25) is 4.98 Å². The van der Waals surface area contributed by atoms with Crippen LogP contribution in [-0.2, 0) is 0 Å². The Labute approximate surface area is 108 Å². The maximum Gasteiger partial charge on any atom is 0.0722 e. The molecule has 1 aromatic heterocycles. The monoisotopic (exact) mass is 241 g/mol. The lowest BCUT2D eigenvalue weighted by Crippen LogP contribution is -2.46. The third-order valence-corrected chi connectivity index (χ3v) is 3.79. The van der Waals surface area contributed by atoms with Gasteiger partial charge in [0.25, 0.3) is 0 Å². The van der Waals surface area contributed by atoms with Gasteiger partial charge in [0, 0.05) is 43.4 Å². The standard InChI is InChI=1S/C15H19N3/c1-2-17-9-11-18(12-10-17)15-7-8-16-14-6-4-3-5-13(14)15/h3-8H,2,9-12H2,1H3. The van der Waals surface area contributed by atoms with Crippen LogP contribution in [0.1, 0.15) is 6.92 Å². The van der Waals surface area contributed by atoms with Gasteiger partial charge in [0.1, 0.15) is 0 Å². The molecule has 1 saturated heterocycles. The summed E-state index contributed by atoms with van der Waals surface area (Å²) in [6.45, 7) is 7.94. The van der Waals surface area contributed by atoms with Crippen LogP contribution in [0.2, 0.25) is 0 Å². The van der Waals surface area contributed by atoms with Crippen molar-refractivity contribution in [2.75, 3.05) is 37.6 Å². The lowest BCUT2D eigenvalue weighted by Gasteiger charge is -2.36. The van der Waals surface area contributed by atoms with Gasteiger partial charge in [-0.05, 0) is 18.7 Å². The first-order chi connectivity index (χ1) is 8.88. The second-order valence-electron chi connectivity index (χ2n) is 4.77. The molecule has 2 aromatic rings. The van der Waals surface area contributed by atoms with Crippen molar-refractivity contribution in [1.29, 1.82) is 0 Å². The maximum absolute atomic E-state index is 4.43. The summed E-state index contributed by atoms with van der Waals surface area (Å²) in [5.41, 5.74) is 2.42. The summed E-state index contributed by atoms with van der Waals surface area (Å²) in [5, 5.41) is 1.27. The molecule has 94 valence electrons. The molecule has 0 radical (unpaired) electrons. The van der Waals surface area contributed by atoms with Crippen molar-refractivity contribution in [3.8, 4) is 0 Å². The van der Waals surface area contributed by atoms with E-state index >= 15 is 0 Å². The third-order valence-electron chi connectivity index (χ3n) is 3.79. The van der Waals surface area contributed by atoms with E-state index in [0.29, 0.717) is 0 Å². The number of para-hydroxylation sites is 1. The molecule has 1 aromatic carbocycles. The van der Waals surface area contributed by atoms with Gasteiger partial charge < -0.3 is 9.80 Å². The zero-order chi connectivity index (χ0) is 12.4. The maximum atomic E-state index is 4.43. The van der Waals surface area contributed by atoms with Gasteiger partial charge in [-0.25, -0.2) is 0 Å². The SMILES string of the molecule is CCN1CCN(c2ccnc3ccccc23)CC1. The molecular weight excluding hydrogens is 222 g/mol. The van der Waals surface area contributed by atoms with Crippen molar-refractivity contribution in [3.05, 3.63) is 36.5 Å². The van der Waals surface area contributed by atoms with Crippen LogP contribution in [0.25, 0.3) is 10.9 Å². The Morgan fingerprint density at radius 2 is 1.83 bits per heavy atom. The molecule has 18 heavy (non-hydrogen) atoms. The first kappa shape index (κ1) is 11.5. The second-order valence-corrected chi connectivity index (χ2v) is 4.77. The summed E-state index contributed by atoms with van der Waals surface area (Å²) in [6.07, 6.45) is 1.92. The van der Waals surface area contributed by atoms with Gasteiger partial charge in [-0.2, -0.15) is 0 Å². The minimum absolute atomic E-state index is 1.09. The van der Waals surface area contributed by atoms with E-state index in [-0.39, 0.29) is 0 Å². The number of fused-ring (bicyclic) bond motifs is 1. The molecule has 0 aliphatic carbocycles. The molecule has 1 fully saturated rings. The van der Waals surface area contributed by atoms with Crippen LogP contribution in [0.15, 0.2) is 36.5 Å². The Morgan fingerprint density at radius 1 is 1.06 bits per heavy atom. The second kappa shape index (κ2) is 4.94. The van der Waals surface area contributed by atoms with Gasteiger partial charge in [0.2, 0.25) is 0 Å². The molecule has 0 N–H and O–H groups in total. The van der Waals surface area contributed by atoms with E-state index in [4.69, 9.17) is 0 Å². The highest BCUT2D eigenvalue weighted by Crippen LogP contribution is 2.25. The van der Waals surface area contributed by atoms with Crippen molar-refractivity contribution in [1.82, 2.24) is 9.88 Å². The Hall–Kier alpha value is -1.61. The van der Waals surface area contributed by atoms with E-state index in [0.717, 1.165) is 38.2 Å². The molecule has 0 bridgehead atoms. The van der Waals surface area contributed by atoms with E-state index in [9.17, 15) is 0 Å². The smallest absolute Gasteiger partial charge is 0.0722 e. The molecule has 1 aliphatic rings. The molecule has 2 heterocycles. The summed E-state index contributed by atoms with van der Waals surface area (Å²) in [6, 6.07) is 10.5. The van der Waals surface area contributed by atoms with Crippen LogP contribution in [0.3, 0.4) is 0 Å². The predicted octanol–water partition coefficient (Wildman–Crippen LogP) is 2.38. The number of nitrogens with zero attached hydrogens (tertiary/aromatic N) is 3. The number of benzene rings is 1. The van der Waals surface area contributed by atoms with Crippen LogP contribution < -0.4 is 4.90 Å². The van der Waals surface area contributed by atoms with Crippen LogP contribution >= 0.6 is 0 Å². The number of pyridine rings is 1. The Balaban J connectivity index is 1.91. The Bertz CT molecular complexity index is 525. The molecule has 0 unspecified atom stereocenters. The van der Waals surface area contributed by atoms with Gasteiger partial charge in [-0.1, -0.05) is 25.1 Å². The van der Waals surface area contributed by atoms with E-state index < -0.39 is 0 Å². The van der Waals surface area contributed by atoms with Crippen LogP contribution in [-0.4, -0.2) is 42.6 Å². The predicted molar refractivity (Wildman–Crippen MR) is 76.1 cm³/mol. The summed E-state index contributed by atoms with van der Waals surface area (Å²) in [4.78, 5) is 9.41. The Kier molecular flexibility index (Phi) is 3.15. The Morgan fingerprint density at radius 3 is 2.61 bits per heavy atom. The van der Waals surface area contributed by atoms with Crippen molar-refractivity contribution in [3.63, 3.8) is 0 Å². The van der Waals surface area contributed by atoms with Crippen molar-refractivity contribution < 1.29 is 0 Å². The topological polar surface area (TPSA) is 19.4 Å². The van der Waals surface area contributed by atoms with Gasteiger partial charge >= 0.3 is 0 Å². The quantitative estimate of drug-likeness (QED) is 0.804. The first-order valence-electron chi connectivity index (χ1n) is 6.69. The molecule has 0 saturated carbocycles. The third kappa shape index (κ3) is 2.06. The van der Waals surface area contributed by atoms with Crippen molar-refractivity contribution in [2.45, 2.75) is 6.92 Å². The molecule has 1 aliphatic heterocycles. The molecule has 0 atom stereocenters. The van der Waals surface area contributed by atoms with E-state index in [1.807, 2.05) is 12.3 Å². The van der Waals surface area contributed by atoms with Gasteiger partial charge in [0.05, 0.1) is 5.52 Å². The van der Waals surface area contributed by atoms with Gasteiger partial charge in [-0.15, -0.1) is 0 Å². The van der Waals surface area contributed by atoms with Crippen LogP contribution in [0, 0.1) is 0 Å². The van der Waals surface area contributed by atoms with E-state index in [2.05, 4.69) is 46.0 Å². The number of hydrogen-bond acceptors (Lipinski definition) is 3. The summed E-state index contributed by atoms with van der Waals surface area (Å²) < 4.78 is 0. The molecule has 3 heteroatoms. The summed E-state index contributed by atoms with van der Waals surface area (Å²) in [5.74, 6) is 0. The molecule has 0 spiro atoms. The normalized spacial score (nSPS) is 17.3. The number of hydrogen-bond donors (Lipinski definition) is 0. The highest BCUT2D eigenvalue weighted by molar-refractivity contribution is 5.91. The average molecular weight is 241 g/mol. The first-order valence-corrected chi connectivity index (χ1v) is 6.69. The number of aromatic nitrogens is 1. The highest BCUT2D eigenvalue weighted by Gasteiger charge is 2.17. The minimum atomic E-state index is 1.09. The molecule has 3 rings (SSSR count). The summed E-state index contributed by atoms with van der Waals surface area (Å²) in [7, 11) is 0. The largest absolute Gasteiger partial charge is 0.368 e. The highest BCUT2D eigenvalue weighted by atomic mass is 15.3. The number of piperazine rings is 1. The van der Waals surface area contributed by atoms with Crippen LogP contribution in [0.5, 0.6) is 0 Å². The van der Waals surface area contributed by atoms with Crippen molar-refractivity contribution >= 4 is 16.6 Å². The zero-order valence-corrected chi connectivity index (χ0v) is 10.8. The fraction of sp³-hybridized carbons (Fsp3) is 0.400. The molecular formula is C15H19N3.